The predicted molar refractivity (Wildman–Crippen MR) is 79.9 cm³/mol. The minimum Gasteiger partial charge on any atom is -0.303 e. The van der Waals surface area contributed by atoms with Crippen LogP contribution in [0.15, 0.2) is 54.6 Å². The minimum absolute atomic E-state index is 0.483. The van der Waals surface area contributed by atoms with Gasteiger partial charge in [0.05, 0.1) is 0 Å². The van der Waals surface area contributed by atoms with E-state index in [0.29, 0.717) is 6.42 Å². The van der Waals surface area contributed by atoms with Crippen LogP contribution in [0.2, 0.25) is 0 Å². The first-order chi connectivity index (χ1) is 9.36. The number of rotatable bonds is 2. The van der Waals surface area contributed by atoms with E-state index in [4.69, 9.17) is 0 Å². The molecule has 4 aromatic carbocycles. The summed E-state index contributed by atoms with van der Waals surface area (Å²) < 4.78 is 0. The van der Waals surface area contributed by atoms with Gasteiger partial charge in [0.25, 0.3) is 0 Å². The summed E-state index contributed by atoms with van der Waals surface area (Å²) in [5.41, 5.74) is 1.08. The Morgan fingerprint density at radius 1 is 0.737 bits per heavy atom. The molecular weight excluding hydrogens is 232 g/mol. The lowest BCUT2D eigenvalue weighted by atomic mass is 9.92. The van der Waals surface area contributed by atoms with E-state index < -0.39 is 0 Å². The Kier molecular flexibility index (Phi) is 2.10. The molecule has 0 unspecified atom stereocenters. The molecule has 0 aliphatic heterocycles. The van der Waals surface area contributed by atoms with Crippen molar-refractivity contribution in [1.29, 1.82) is 0 Å². The van der Waals surface area contributed by atoms with E-state index in [2.05, 4.69) is 54.6 Å². The minimum atomic E-state index is 0.483. The summed E-state index contributed by atoms with van der Waals surface area (Å²) >= 11 is 0. The quantitative estimate of drug-likeness (QED) is 0.379. The molecule has 0 bridgehead atoms. The third kappa shape index (κ3) is 1.45. The number of carbonyl (C=O) groups excluding carboxylic acids is 1. The molecule has 0 spiro atoms. The molecule has 0 N–H and O–H groups in total. The first-order valence-corrected chi connectivity index (χ1v) is 6.47. The molecule has 1 heteroatoms. The lowest BCUT2D eigenvalue weighted by molar-refractivity contribution is -0.107. The van der Waals surface area contributed by atoms with E-state index in [0.717, 1.165) is 11.8 Å². The van der Waals surface area contributed by atoms with Gasteiger partial charge in [-0.05, 0) is 37.9 Å². The second-order valence-electron chi connectivity index (χ2n) is 5.00. The third-order valence-electron chi connectivity index (χ3n) is 3.84. The summed E-state index contributed by atoms with van der Waals surface area (Å²) in [6.07, 6.45) is 1.45. The van der Waals surface area contributed by atoms with Crippen LogP contribution in [0.3, 0.4) is 0 Å². The number of aldehydes is 1. The van der Waals surface area contributed by atoms with Crippen LogP contribution in [0.1, 0.15) is 5.56 Å². The van der Waals surface area contributed by atoms with Gasteiger partial charge in [0.2, 0.25) is 0 Å². The SMILES string of the molecule is O=CCc1cc2ccc3cccc4ccc(c1)c2c34. The Hall–Kier alpha value is -2.41. The highest BCUT2D eigenvalue weighted by molar-refractivity contribution is 6.23. The van der Waals surface area contributed by atoms with Crippen LogP contribution in [-0.2, 0) is 11.2 Å². The Labute approximate surface area is 110 Å². The predicted octanol–water partition coefficient (Wildman–Crippen LogP) is 4.33. The Balaban J connectivity index is 2.25. The van der Waals surface area contributed by atoms with Gasteiger partial charge in [-0.1, -0.05) is 54.6 Å². The molecule has 0 aliphatic rings. The van der Waals surface area contributed by atoms with Crippen molar-refractivity contribution in [2.45, 2.75) is 6.42 Å². The van der Waals surface area contributed by atoms with Gasteiger partial charge in [0.15, 0.2) is 0 Å². The highest BCUT2D eigenvalue weighted by atomic mass is 16.1. The molecule has 1 nitrogen and oxygen atoms in total. The van der Waals surface area contributed by atoms with Gasteiger partial charge in [-0.3, -0.25) is 0 Å². The number of hydrogen-bond donors (Lipinski definition) is 0. The van der Waals surface area contributed by atoms with Crippen molar-refractivity contribution in [3.05, 3.63) is 60.2 Å². The van der Waals surface area contributed by atoms with Gasteiger partial charge in [-0.15, -0.1) is 0 Å². The van der Waals surface area contributed by atoms with Crippen LogP contribution in [0.4, 0.5) is 0 Å². The zero-order valence-electron chi connectivity index (χ0n) is 10.4. The van der Waals surface area contributed by atoms with Crippen LogP contribution in [0.5, 0.6) is 0 Å². The molecule has 90 valence electrons. The van der Waals surface area contributed by atoms with Crippen molar-refractivity contribution in [3.8, 4) is 0 Å². The first kappa shape index (κ1) is 10.5. The summed E-state index contributed by atoms with van der Waals surface area (Å²) in [4.78, 5) is 10.7. The van der Waals surface area contributed by atoms with E-state index in [1.54, 1.807) is 0 Å². The Bertz CT molecular complexity index is 842. The van der Waals surface area contributed by atoms with Crippen molar-refractivity contribution in [2.75, 3.05) is 0 Å². The fourth-order valence-electron chi connectivity index (χ4n) is 3.03. The van der Waals surface area contributed by atoms with Crippen molar-refractivity contribution in [2.24, 2.45) is 0 Å². The van der Waals surface area contributed by atoms with Crippen molar-refractivity contribution in [1.82, 2.24) is 0 Å². The van der Waals surface area contributed by atoms with Crippen LogP contribution in [-0.4, -0.2) is 6.29 Å². The van der Waals surface area contributed by atoms with Gasteiger partial charge < -0.3 is 4.79 Å². The maximum atomic E-state index is 10.7. The van der Waals surface area contributed by atoms with E-state index in [1.165, 1.54) is 32.3 Å². The molecule has 4 rings (SSSR count). The van der Waals surface area contributed by atoms with E-state index in [-0.39, 0.29) is 0 Å². The average Bonchev–Trinajstić information content (AvgIpc) is 2.45. The summed E-state index contributed by atoms with van der Waals surface area (Å²) in [7, 11) is 0. The highest BCUT2D eigenvalue weighted by Gasteiger charge is 2.08. The summed E-state index contributed by atoms with van der Waals surface area (Å²) in [5, 5.41) is 7.63. The molecule has 0 amide bonds. The summed E-state index contributed by atoms with van der Waals surface area (Å²) in [5.74, 6) is 0. The molecule has 0 radical (unpaired) electrons. The van der Waals surface area contributed by atoms with Gasteiger partial charge in [0.1, 0.15) is 6.29 Å². The van der Waals surface area contributed by atoms with E-state index in [1.807, 2.05) is 0 Å². The molecular formula is C18H12O. The zero-order valence-corrected chi connectivity index (χ0v) is 10.4. The number of hydrogen-bond acceptors (Lipinski definition) is 1. The Morgan fingerprint density at radius 3 is 1.84 bits per heavy atom. The first-order valence-electron chi connectivity index (χ1n) is 6.47. The molecule has 0 fully saturated rings. The molecule has 0 atom stereocenters. The number of carbonyl (C=O) groups is 1. The number of benzene rings is 4. The highest BCUT2D eigenvalue weighted by Crippen LogP contribution is 2.34. The standard InChI is InChI=1S/C18H12O/c19-9-8-12-10-15-6-4-13-2-1-3-14-5-7-16(11-12)18(15)17(13)14/h1-7,9-11H,8H2. The maximum Gasteiger partial charge on any atom is 0.124 e. The molecule has 0 saturated carbocycles. The van der Waals surface area contributed by atoms with Crippen LogP contribution in [0.25, 0.3) is 32.3 Å². The van der Waals surface area contributed by atoms with Gasteiger partial charge in [0, 0.05) is 6.42 Å². The molecule has 4 aromatic rings. The lowest BCUT2D eigenvalue weighted by Crippen LogP contribution is -1.89. The molecule has 0 aliphatic carbocycles. The van der Waals surface area contributed by atoms with Crippen LogP contribution >= 0.6 is 0 Å². The van der Waals surface area contributed by atoms with Gasteiger partial charge in [-0.2, -0.15) is 0 Å². The van der Waals surface area contributed by atoms with E-state index in [9.17, 15) is 4.79 Å². The Morgan fingerprint density at radius 2 is 1.26 bits per heavy atom. The second-order valence-corrected chi connectivity index (χ2v) is 5.00. The lowest BCUT2D eigenvalue weighted by Gasteiger charge is -2.11. The topological polar surface area (TPSA) is 17.1 Å². The fraction of sp³-hybridized carbons (Fsp3) is 0.0556. The van der Waals surface area contributed by atoms with Crippen LogP contribution < -0.4 is 0 Å². The second kappa shape index (κ2) is 3.79. The zero-order chi connectivity index (χ0) is 12.8. The fourth-order valence-corrected chi connectivity index (χ4v) is 3.03. The molecule has 0 aromatic heterocycles. The van der Waals surface area contributed by atoms with Gasteiger partial charge >= 0.3 is 0 Å². The van der Waals surface area contributed by atoms with Crippen molar-refractivity contribution >= 4 is 38.6 Å². The largest absolute Gasteiger partial charge is 0.303 e. The molecule has 19 heavy (non-hydrogen) atoms. The smallest absolute Gasteiger partial charge is 0.124 e. The summed E-state index contributed by atoms with van der Waals surface area (Å²) in [6.45, 7) is 0. The molecule has 0 heterocycles. The summed E-state index contributed by atoms with van der Waals surface area (Å²) in [6, 6.07) is 19.3. The normalized spacial score (nSPS) is 11.6. The van der Waals surface area contributed by atoms with Crippen LogP contribution in [0, 0.1) is 0 Å². The third-order valence-corrected chi connectivity index (χ3v) is 3.84. The van der Waals surface area contributed by atoms with Crippen molar-refractivity contribution in [3.63, 3.8) is 0 Å². The van der Waals surface area contributed by atoms with Gasteiger partial charge in [-0.25, -0.2) is 0 Å². The van der Waals surface area contributed by atoms with E-state index >= 15 is 0 Å². The van der Waals surface area contributed by atoms with Crippen molar-refractivity contribution < 1.29 is 4.79 Å². The maximum absolute atomic E-state index is 10.7. The average molecular weight is 244 g/mol. The monoisotopic (exact) mass is 244 g/mol. The molecule has 0 saturated heterocycles.